The van der Waals surface area contributed by atoms with Crippen molar-refractivity contribution in [3.63, 3.8) is 0 Å². The zero-order valence-corrected chi connectivity index (χ0v) is 9.45. The Kier molecular flexibility index (Phi) is 7.62. The second kappa shape index (κ2) is 8.23. The van der Waals surface area contributed by atoms with Crippen molar-refractivity contribution < 1.29 is 23.8 Å². The van der Waals surface area contributed by atoms with E-state index in [1.807, 2.05) is 6.92 Å². The van der Waals surface area contributed by atoms with Gasteiger partial charge in [0.1, 0.15) is 19.3 Å². The third-order valence-corrected chi connectivity index (χ3v) is 1.50. The van der Waals surface area contributed by atoms with Gasteiger partial charge in [-0.05, 0) is 6.42 Å². The summed E-state index contributed by atoms with van der Waals surface area (Å²) in [5.74, 6) is -0.745. The highest BCUT2D eigenvalue weighted by Gasteiger charge is 2.12. The number of carbonyl (C=O) groups is 2. The molecule has 0 aromatic carbocycles. The Morgan fingerprint density at radius 2 is 1.53 bits per heavy atom. The predicted molar refractivity (Wildman–Crippen MR) is 53.3 cm³/mol. The van der Waals surface area contributed by atoms with E-state index in [2.05, 4.69) is 0 Å². The van der Waals surface area contributed by atoms with Gasteiger partial charge in [0.15, 0.2) is 0 Å². The van der Waals surface area contributed by atoms with Gasteiger partial charge in [-0.1, -0.05) is 6.92 Å². The SMILES string of the molecule is CCCOC(COC(C)=O)COC(C)=O. The highest BCUT2D eigenvalue weighted by Crippen LogP contribution is 1.97. The summed E-state index contributed by atoms with van der Waals surface area (Å²) in [6.07, 6.45) is 0.481. The lowest BCUT2D eigenvalue weighted by Gasteiger charge is -2.16. The Bertz CT molecular complexity index is 184. The first-order valence-corrected chi connectivity index (χ1v) is 4.94. The Morgan fingerprint density at radius 1 is 1.07 bits per heavy atom. The maximum atomic E-state index is 10.6. The topological polar surface area (TPSA) is 61.8 Å². The van der Waals surface area contributed by atoms with Gasteiger partial charge in [0.05, 0.1) is 0 Å². The molecule has 0 aliphatic carbocycles. The fourth-order valence-electron chi connectivity index (χ4n) is 0.849. The van der Waals surface area contributed by atoms with Crippen LogP contribution in [0, 0.1) is 0 Å². The number of ether oxygens (including phenoxy) is 3. The Hall–Kier alpha value is -1.10. The monoisotopic (exact) mass is 218 g/mol. The van der Waals surface area contributed by atoms with Crippen molar-refractivity contribution in [2.45, 2.75) is 33.3 Å². The summed E-state index contributed by atoms with van der Waals surface area (Å²) in [6.45, 7) is 5.39. The van der Waals surface area contributed by atoms with Crippen LogP contribution in [0.1, 0.15) is 27.2 Å². The molecule has 0 fully saturated rings. The summed E-state index contributed by atoms with van der Waals surface area (Å²) in [5, 5.41) is 0. The van der Waals surface area contributed by atoms with E-state index >= 15 is 0 Å². The lowest BCUT2D eigenvalue weighted by molar-refractivity contribution is -0.152. The molecule has 88 valence electrons. The van der Waals surface area contributed by atoms with Crippen molar-refractivity contribution in [3.8, 4) is 0 Å². The van der Waals surface area contributed by atoms with Gasteiger partial charge < -0.3 is 14.2 Å². The van der Waals surface area contributed by atoms with E-state index in [4.69, 9.17) is 14.2 Å². The molecule has 0 bridgehead atoms. The third-order valence-electron chi connectivity index (χ3n) is 1.50. The molecule has 0 amide bonds. The van der Waals surface area contributed by atoms with E-state index in [1.54, 1.807) is 0 Å². The van der Waals surface area contributed by atoms with Crippen LogP contribution in [-0.2, 0) is 23.8 Å². The molecule has 0 aliphatic rings. The molecule has 15 heavy (non-hydrogen) atoms. The molecule has 0 N–H and O–H groups in total. The van der Waals surface area contributed by atoms with Crippen LogP contribution >= 0.6 is 0 Å². The first-order valence-electron chi connectivity index (χ1n) is 4.94. The van der Waals surface area contributed by atoms with Crippen molar-refractivity contribution in [3.05, 3.63) is 0 Å². The summed E-state index contributed by atoms with van der Waals surface area (Å²) in [7, 11) is 0. The van der Waals surface area contributed by atoms with Gasteiger partial charge in [-0.25, -0.2) is 0 Å². The average Bonchev–Trinajstić information content (AvgIpc) is 2.16. The first-order chi connectivity index (χ1) is 7.06. The van der Waals surface area contributed by atoms with Gasteiger partial charge in [0.2, 0.25) is 0 Å². The van der Waals surface area contributed by atoms with Crippen molar-refractivity contribution in [2.75, 3.05) is 19.8 Å². The molecule has 0 aromatic rings. The van der Waals surface area contributed by atoms with E-state index in [0.717, 1.165) is 6.42 Å². The molecule has 0 atom stereocenters. The maximum absolute atomic E-state index is 10.6. The summed E-state index contributed by atoms with van der Waals surface area (Å²) < 4.78 is 14.9. The van der Waals surface area contributed by atoms with E-state index in [1.165, 1.54) is 13.8 Å². The molecular weight excluding hydrogens is 200 g/mol. The van der Waals surface area contributed by atoms with Crippen LogP contribution in [0.2, 0.25) is 0 Å². The van der Waals surface area contributed by atoms with Gasteiger partial charge in [0, 0.05) is 20.5 Å². The van der Waals surface area contributed by atoms with E-state index in [0.29, 0.717) is 6.61 Å². The second-order valence-corrected chi connectivity index (χ2v) is 3.10. The zero-order valence-electron chi connectivity index (χ0n) is 9.45. The molecule has 0 heterocycles. The van der Waals surface area contributed by atoms with Gasteiger partial charge in [-0.2, -0.15) is 0 Å². The number of rotatable bonds is 7. The molecule has 5 heteroatoms. The highest BCUT2D eigenvalue weighted by atomic mass is 16.6. The standard InChI is InChI=1S/C10H18O5/c1-4-5-13-10(6-14-8(2)11)7-15-9(3)12/h10H,4-7H2,1-3H3. The molecule has 0 saturated heterocycles. The Labute approximate surface area is 89.7 Å². The van der Waals surface area contributed by atoms with Crippen LogP contribution in [0.3, 0.4) is 0 Å². The largest absolute Gasteiger partial charge is 0.463 e. The lowest BCUT2D eigenvalue weighted by Crippen LogP contribution is -2.28. The summed E-state index contributed by atoms with van der Waals surface area (Å²) in [6, 6.07) is 0. The summed E-state index contributed by atoms with van der Waals surface area (Å²) >= 11 is 0. The number of carbonyl (C=O) groups excluding carboxylic acids is 2. The van der Waals surface area contributed by atoms with Crippen LogP contribution < -0.4 is 0 Å². The van der Waals surface area contributed by atoms with Gasteiger partial charge in [0.25, 0.3) is 0 Å². The van der Waals surface area contributed by atoms with Crippen LogP contribution in [0.5, 0.6) is 0 Å². The minimum atomic E-state index is -0.377. The molecule has 0 aromatic heterocycles. The first kappa shape index (κ1) is 13.9. The molecule has 0 aliphatic heterocycles. The van der Waals surface area contributed by atoms with E-state index in [-0.39, 0.29) is 31.3 Å². The fourth-order valence-corrected chi connectivity index (χ4v) is 0.849. The second-order valence-electron chi connectivity index (χ2n) is 3.10. The zero-order chi connectivity index (χ0) is 11.7. The third kappa shape index (κ3) is 9.21. The predicted octanol–water partition coefficient (Wildman–Crippen LogP) is 0.908. The molecule has 0 radical (unpaired) electrons. The van der Waals surface area contributed by atoms with Crippen LogP contribution in [0.25, 0.3) is 0 Å². The smallest absolute Gasteiger partial charge is 0.302 e. The Balaban J connectivity index is 3.82. The Morgan fingerprint density at radius 3 is 1.87 bits per heavy atom. The molecule has 5 nitrogen and oxygen atoms in total. The number of hydrogen-bond acceptors (Lipinski definition) is 5. The van der Waals surface area contributed by atoms with E-state index in [9.17, 15) is 9.59 Å². The number of esters is 2. The van der Waals surface area contributed by atoms with Gasteiger partial charge in [-0.15, -0.1) is 0 Å². The fraction of sp³-hybridized carbons (Fsp3) is 0.800. The molecule has 0 saturated carbocycles. The average molecular weight is 218 g/mol. The normalized spacial score (nSPS) is 10.1. The summed E-state index contributed by atoms with van der Waals surface area (Å²) in [5.41, 5.74) is 0. The minimum Gasteiger partial charge on any atom is -0.463 e. The van der Waals surface area contributed by atoms with Crippen LogP contribution in [-0.4, -0.2) is 37.9 Å². The van der Waals surface area contributed by atoms with Gasteiger partial charge in [-0.3, -0.25) is 9.59 Å². The molecule has 0 spiro atoms. The van der Waals surface area contributed by atoms with Crippen molar-refractivity contribution in [2.24, 2.45) is 0 Å². The van der Waals surface area contributed by atoms with Crippen molar-refractivity contribution >= 4 is 11.9 Å². The van der Waals surface area contributed by atoms with Gasteiger partial charge >= 0.3 is 11.9 Å². The van der Waals surface area contributed by atoms with Crippen molar-refractivity contribution in [1.29, 1.82) is 0 Å². The number of hydrogen-bond donors (Lipinski definition) is 0. The quantitative estimate of drug-likeness (QED) is 0.594. The molecular formula is C10H18O5. The summed E-state index contributed by atoms with van der Waals surface area (Å²) in [4.78, 5) is 21.1. The van der Waals surface area contributed by atoms with Crippen molar-refractivity contribution in [1.82, 2.24) is 0 Å². The molecule has 0 unspecified atom stereocenters. The maximum Gasteiger partial charge on any atom is 0.302 e. The lowest BCUT2D eigenvalue weighted by atomic mass is 10.4. The van der Waals surface area contributed by atoms with Crippen LogP contribution in [0.15, 0.2) is 0 Å². The minimum absolute atomic E-state index is 0.114. The van der Waals surface area contributed by atoms with Crippen LogP contribution in [0.4, 0.5) is 0 Å². The van der Waals surface area contributed by atoms with E-state index < -0.39 is 0 Å². The highest BCUT2D eigenvalue weighted by molar-refractivity contribution is 5.66. The molecule has 0 rings (SSSR count).